The zero-order chi connectivity index (χ0) is 12.1. The van der Waals surface area contributed by atoms with E-state index in [1.54, 1.807) is 0 Å². The molecule has 3 fully saturated rings. The highest BCUT2D eigenvalue weighted by molar-refractivity contribution is 6.31. The van der Waals surface area contributed by atoms with E-state index in [0.717, 1.165) is 5.02 Å². The standard InChI is InChI=1S/C14H16ClN3.H2O/c15-11-4-2-1-3-10(11)13-14-12(16-17-13)9-5-7-18(14)8-6-9;/h1-4,9,13-14,17H,5-8H2;1H2. The molecule has 4 aliphatic rings. The maximum atomic E-state index is 6.33. The van der Waals surface area contributed by atoms with E-state index in [-0.39, 0.29) is 11.5 Å². The Kier molecular flexibility index (Phi) is 3.25. The highest BCUT2D eigenvalue weighted by Crippen LogP contribution is 2.40. The molecule has 5 heteroatoms. The van der Waals surface area contributed by atoms with Crippen molar-refractivity contribution in [1.82, 2.24) is 10.3 Å². The summed E-state index contributed by atoms with van der Waals surface area (Å²) < 4.78 is 0. The number of benzene rings is 1. The van der Waals surface area contributed by atoms with E-state index < -0.39 is 0 Å². The number of hydrogen-bond acceptors (Lipinski definition) is 3. The van der Waals surface area contributed by atoms with Gasteiger partial charge in [-0.05, 0) is 37.6 Å². The van der Waals surface area contributed by atoms with Crippen LogP contribution < -0.4 is 5.43 Å². The number of nitrogens with one attached hydrogen (secondary N) is 1. The molecule has 0 aliphatic carbocycles. The van der Waals surface area contributed by atoms with Gasteiger partial charge in [0, 0.05) is 10.9 Å². The Balaban J connectivity index is 0.00000110. The molecule has 19 heavy (non-hydrogen) atoms. The van der Waals surface area contributed by atoms with Crippen molar-refractivity contribution in [1.29, 1.82) is 0 Å². The molecule has 2 bridgehead atoms. The summed E-state index contributed by atoms with van der Waals surface area (Å²) in [6.45, 7) is 2.41. The van der Waals surface area contributed by atoms with Crippen molar-refractivity contribution < 1.29 is 5.48 Å². The monoisotopic (exact) mass is 279 g/mol. The van der Waals surface area contributed by atoms with Crippen molar-refractivity contribution in [2.45, 2.75) is 24.9 Å². The highest BCUT2D eigenvalue weighted by atomic mass is 35.5. The van der Waals surface area contributed by atoms with Crippen molar-refractivity contribution in [2.75, 3.05) is 13.1 Å². The molecule has 5 rings (SSSR count). The second-order valence-electron chi connectivity index (χ2n) is 5.42. The first-order valence-corrected chi connectivity index (χ1v) is 7.04. The largest absolute Gasteiger partial charge is 0.412 e. The lowest BCUT2D eigenvalue weighted by atomic mass is 9.78. The summed E-state index contributed by atoms with van der Waals surface area (Å²) in [6, 6.07) is 8.77. The Morgan fingerprint density at radius 1 is 1.21 bits per heavy atom. The molecule has 1 aromatic carbocycles. The lowest BCUT2D eigenvalue weighted by Gasteiger charge is -2.45. The Morgan fingerprint density at radius 2 is 1.95 bits per heavy atom. The van der Waals surface area contributed by atoms with Crippen molar-refractivity contribution in [3.05, 3.63) is 34.9 Å². The topological polar surface area (TPSA) is 59.1 Å². The summed E-state index contributed by atoms with van der Waals surface area (Å²) in [5.41, 5.74) is 5.85. The molecule has 2 unspecified atom stereocenters. The molecule has 3 saturated heterocycles. The maximum absolute atomic E-state index is 6.33. The number of rotatable bonds is 1. The van der Waals surface area contributed by atoms with Crippen LogP contribution in [0.5, 0.6) is 0 Å². The van der Waals surface area contributed by atoms with Gasteiger partial charge < -0.3 is 10.9 Å². The highest BCUT2D eigenvalue weighted by Gasteiger charge is 2.47. The number of fused-ring (bicyclic) bond motifs is 2. The third kappa shape index (κ3) is 1.86. The third-order valence-electron chi connectivity index (χ3n) is 4.53. The van der Waals surface area contributed by atoms with Gasteiger partial charge in [0.15, 0.2) is 0 Å². The number of hydrazone groups is 1. The second kappa shape index (κ2) is 4.78. The quantitative estimate of drug-likeness (QED) is 0.849. The fraction of sp³-hybridized carbons (Fsp3) is 0.500. The number of piperidine rings is 3. The Bertz CT molecular complexity index is 511. The van der Waals surface area contributed by atoms with Gasteiger partial charge in [-0.15, -0.1) is 0 Å². The fourth-order valence-corrected chi connectivity index (χ4v) is 3.88. The molecular formula is C14H18ClN3O. The first-order valence-electron chi connectivity index (χ1n) is 6.66. The normalized spacial score (nSPS) is 35.1. The third-order valence-corrected chi connectivity index (χ3v) is 4.88. The van der Waals surface area contributed by atoms with Gasteiger partial charge in [0.2, 0.25) is 0 Å². The van der Waals surface area contributed by atoms with E-state index in [1.807, 2.05) is 12.1 Å². The van der Waals surface area contributed by atoms with Crippen LogP contribution in [0.3, 0.4) is 0 Å². The van der Waals surface area contributed by atoms with Crippen LogP contribution >= 0.6 is 11.6 Å². The lowest BCUT2D eigenvalue weighted by molar-refractivity contribution is 0.133. The molecule has 0 aromatic heterocycles. The van der Waals surface area contributed by atoms with E-state index in [2.05, 4.69) is 27.6 Å². The van der Waals surface area contributed by atoms with Gasteiger partial charge in [-0.25, -0.2) is 0 Å². The minimum absolute atomic E-state index is 0. The molecule has 4 heterocycles. The Labute approximate surface area is 117 Å². The molecule has 0 spiro atoms. The molecule has 4 aliphatic heterocycles. The van der Waals surface area contributed by atoms with E-state index in [0.29, 0.717) is 12.0 Å². The summed E-state index contributed by atoms with van der Waals surface area (Å²) in [4.78, 5) is 2.56. The van der Waals surface area contributed by atoms with Crippen LogP contribution in [0.1, 0.15) is 24.4 Å². The van der Waals surface area contributed by atoms with Gasteiger partial charge in [0.1, 0.15) is 0 Å². The summed E-state index contributed by atoms with van der Waals surface area (Å²) in [5, 5.41) is 5.45. The smallest absolute Gasteiger partial charge is 0.0913 e. The molecule has 2 atom stereocenters. The van der Waals surface area contributed by atoms with Gasteiger partial charge in [0.25, 0.3) is 0 Å². The SMILES string of the molecule is Clc1ccccc1C1NN=C2C3CCN(CC3)C21.O. The first-order chi connectivity index (χ1) is 8.84. The van der Waals surface area contributed by atoms with Crippen LogP contribution in [0.15, 0.2) is 29.4 Å². The second-order valence-corrected chi connectivity index (χ2v) is 5.83. The van der Waals surface area contributed by atoms with Crippen molar-refractivity contribution in [3.63, 3.8) is 0 Å². The fourth-order valence-electron chi connectivity index (χ4n) is 3.62. The summed E-state index contributed by atoms with van der Waals surface area (Å²) in [5.74, 6) is 0.694. The van der Waals surface area contributed by atoms with Crippen molar-refractivity contribution in [2.24, 2.45) is 11.0 Å². The molecule has 0 radical (unpaired) electrons. The van der Waals surface area contributed by atoms with E-state index >= 15 is 0 Å². The van der Waals surface area contributed by atoms with Gasteiger partial charge in [-0.3, -0.25) is 4.90 Å². The number of nitrogens with zero attached hydrogens (tertiary/aromatic N) is 2. The minimum atomic E-state index is 0. The van der Waals surface area contributed by atoms with E-state index in [9.17, 15) is 0 Å². The predicted octanol–water partition coefficient (Wildman–Crippen LogP) is 1.61. The molecule has 3 N–H and O–H groups in total. The van der Waals surface area contributed by atoms with Gasteiger partial charge in [0.05, 0.1) is 17.8 Å². The predicted molar refractivity (Wildman–Crippen MR) is 76.5 cm³/mol. The Morgan fingerprint density at radius 3 is 2.68 bits per heavy atom. The van der Waals surface area contributed by atoms with E-state index in [1.165, 1.54) is 37.2 Å². The molecule has 1 aromatic rings. The summed E-state index contributed by atoms with van der Waals surface area (Å²) in [6.07, 6.45) is 2.54. The Hall–Kier alpha value is -1.10. The van der Waals surface area contributed by atoms with Crippen LogP contribution in [-0.2, 0) is 0 Å². The summed E-state index contributed by atoms with van der Waals surface area (Å²) >= 11 is 6.33. The minimum Gasteiger partial charge on any atom is -0.412 e. The van der Waals surface area contributed by atoms with Gasteiger partial charge in [-0.1, -0.05) is 29.8 Å². The lowest BCUT2D eigenvalue weighted by Crippen LogP contribution is -2.56. The van der Waals surface area contributed by atoms with Crippen molar-refractivity contribution >= 4 is 17.3 Å². The van der Waals surface area contributed by atoms with Crippen LogP contribution in [0, 0.1) is 5.92 Å². The summed E-state index contributed by atoms with van der Waals surface area (Å²) in [7, 11) is 0. The number of halogens is 1. The molecule has 0 amide bonds. The van der Waals surface area contributed by atoms with Gasteiger partial charge in [-0.2, -0.15) is 5.10 Å². The van der Waals surface area contributed by atoms with E-state index in [4.69, 9.17) is 11.6 Å². The maximum Gasteiger partial charge on any atom is 0.0913 e. The molecule has 102 valence electrons. The molecule has 0 saturated carbocycles. The first kappa shape index (κ1) is 12.9. The van der Waals surface area contributed by atoms with Crippen LogP contribution in [0.2, 0.25) is 5.02 Å². The van der Waals surface area contributed by atoms with Gasteiger partial charge >= 0.3 is 0 Å². The molecule has 4 nitrogen and oxygen atoms in total. The molecular weight excluding hydrogens is 262 g/mol. The van der Waals surface area contributed by atoms with Crippen LogP contribution in [0.25, 0.3) is 0 Å². The zero-order valence-electron chi connectivity index (χ0n) is 10.6. The number of hydrogen-bond donors (Lipinski definition) is 1. The average molecular weight is 280 g/mol. The van der Waals surface area contributed by atoms with Crippen molar-refractivity contribution in [3.8, 4) is 0 Å². The van der Waals surface area contributed by atoms with Crippen LogP contribution in [0.4, 0.5) is 0 Å². The van der Waals surface area contributed by atoms with Crippen LogP contribution in [-0.4, -0.2) is 35.2 Å². The zero-order valence-corrected chi connectivity index (χ0v) is 11.4. The average Bonchev–Trinajstić information content (AvgIpc) is 2.87.